The second-order valence-corrected chi connectivity index (χ2v) is 2.97. The van der Waals surface area contributed by atoms with Crippen LogP contribution in [0.1, 0.15) is 13.3 Å². The summed E-state index contributed by atoms with van der Waals surface area (Å²) in [5.41, 5.74) is -0.483. The van der Waals surface area contributed by atoms with E-state index >= 15 is 0 Å². The molecule has 0 unspecified atom stereocenters. The maximum absolute atomic E-state index is 9.01. The molecule has 12 heavy (non-hydrogen) atoms. The molecule has 0 spiro atoms. The Hall–Kier alpha value is -0.380. The number of rotatable bonds is 7. The fourth-order valence-electron chi connectivity index (χ4n) is 0.826. The van der Waals surface area contributed by atoms with Crippen molar-refractivity contribution >= 4 is 0 Å². The third kappa shape index (κ3) is 3.34. The van der Waals surface area contributed by atoms with Gasteiger partial charge in [0.15, 0.2) is 0 Å². The van der Waals surface area contributed by atoms with Crippen LogP contribution in [-0.4, -0.2) is 36.6 Å². The lowest BCUT2D eigenvalue weighted by Gasteiger charge is -2.27. The van der Waals surface area contributed by atoms with Crippen molar-refractivity contribution < 1.29 is 14.9 Å². The van der Waals surface area contributed by atoms with Crippen LogP contribution in [-0.2, 0) is 4.74 Å². The monoisotopic (exact) mass is 174 g/mol. The molecular weight excluding hydrogens is 156 g/mol. The molecule has 0 aliphatic rings. The van der Waals surface area contributed by atoms with Crippen molar-refractivity contribution in [3.63, 3.8) is 0 Å². The summed E-state index contributed by atoms with van der Waals surface area (Å²) in [5, 5.41) is 18.0. The first kappa shape index (κ1) is 11.6. The first-order valence-electron chi connectivity index (χ1n) is 4.15. The molecule has 0 saturated heterocycles. The number of aliphatic hydroxyl groups excluding tert-OH is 2. The Balaban J connectivity index is 3.84. The summed E-state index contributed by atoms with van der Waals surface area (Å²) >= 11 is 0. The van der Waals surface area contributed by atoms with E-state index in [-0.39, 0.29) is 13.2 Å². The average Bonchev–Trinajstić information content (AvgIpc) is 2.14. The van der Waals surface area contributed by atoms with Crippen molar-refractivity contribution in [3.8, 4) is 0 Å². The standard InChI is InChI=1S/C9H18O3/c1-3-5-12-8-9(4-2,6-10)7-11/h3,10-11H,1,4-8H2,2H3. The normalized spacial score (nSPS) is 11.6. The van der Waals surface area contributed by atoms with Crippen LogP contribution >= 0.6 is 0 Å². The molecule has 0 fully saturated rings. The third-order valence-corrected chi connectivity index (χ3v) is 2.06. The zero-order chi connectivity index (χ0) is 9.45. The predicted octanol–water partition coefficient (Wildman–Crippen LogP) is 0.570. The summed E-state index contributed by atoms with van der Waals surface area (Å²) in [6, 6.07) is 0. The third-order valence-electron chi connectivity index (χ3n) is 2.06. The summed E-state index contributed by atoms with van der Waals surface area (Å²) in [5.74, 6) is 0. The second kappa shape index (κ2) is 6.17. The van der Waals surface area contributed by atoms with Crippen LogP contribution < -0.4 is 0 Å². The van der Waals surface area contributed by atoms with Crippen molar-refractivity contribution in [3.05, 3.63) is 12.7 Å². The molecule has 0 aromatic carbocycles. The smallest absolute Gasteiger partial charge is 0.0645 e. The number of ether oxygens (including phenoxy) is 1. The van der Waals surface area contributed by atoms with Crippen LogP contribution in [0.5, 0.6) is 0 Å². The molecule has 0 heterocycles. The number of aliphatic hydroxyl groups is 2. The summed E-state index contributed by atoms with van der Waals surface area (Å²) in [7, 11) is 0. The molecule has 0 amide bonds. The molecule has 0 bridgehead atoms. The van der Waals surface area contributed by atoms with Gasteiger partial charge in [-0.1, -0.05) is 13.0 Å². The average molecular weight is 174 g/mol. The van der Waals surface area contributed by atoms with Crippen LogP contribution in [0, 0.1) is 5.41 Å². The molecule has 0 aromatic rings. The predicted molar refractivity (Wildman–Crippen MR) is 47.9 cm³/mol. The van der Waals surface area contributed by atoms with Crippen LogP contribution in [0.15, 0.2) is 12.7 Å². The lowest BCUT2D eigenvalue weighted by atomic mass is 9.88. The van der Waals surface area contributed by atoms with E-state index in [1.165, 1.54) is 0 Å². The molecule has 0 radical (unpaired) electrons. The van der Waals surface area contributed by atoms with Gasteiger partial charge in [0.25, 0.3) is 0 Å². The van der Waals surface area contributed by atoms with Gasteiger partial charge in [-0.3, -0.25) is 0 Å². The van der Waals surface area contributed by atoms with Crippen LogP contribution in [0.2, 0.25) is 0 Å². The van der Waals surface area contributed by atoms with Crippen LogP contribution in [0.25, 0.3) is 0 Å². The Morgan fingerprint density at radius 3 is 2.33 bits per heavy atom. The van der Waals surface area contributed by atoms with E-state index in [2.05, 4.69) is 6.58 Å². The minimum atomic E-state index is -0.483. The fraction of sp³-hybridized carbons (Fsp3) is 0.778. The molecule has 0 aliphatic heterocycles. The quantitative estimate of drug-likeness (QED) is 0.438. The van der Waals surface area contributed by atoms with Gasteiger partial charge < -0.3 is 14.9 Å². The van der Waals surface area contributed by atoms with Gasteiger partial charge >= 0.3 is 0 Å². The summed E-state index contributed by atoms with van der Waals surface area (Å²) in [4.78, 5) is 0. The first-order chi connectivity index (χ1) is 5.74. The lowest BCUT2D eigenvalue weighted by Crippen LogP contribution is -2.34. The summed E-state index contributed by atoms with van der Waals surface area (Å²) < 4.78 is 5.18. The molecule has 0 atom stereocenters. The minimum Gasteiger partial charge on any atom is -0.396 e. The Morgan fingerprint density at radius 2 is 2.00 bits per heavy atom. The van der Waals surface area contributed by atoms with E-state index in [1.807, 2.05) is 6.92 Å². The van der Waals surface area contributed by atoms with E-state index in [0.29, 0.717) is 19.6 Å². The van der Waals surface area contributed by atoms with Crippen LogP contribution in [0.3, 0.4) is 0 Å². The fourth-order valence-corrected chi connectivity index (χ4v) is 0.826. The van der Waals surface area contributed by atoms with Gasteiger partial charge in [-0.05, 0) is 6.42 Å². The molecule has 0 saturated carbocycles. The van der Waals surface area contributed by atoms with Gasteiger partial charge in [0, 0.05) is 5.41 Å². The Labute approximate surface area is 73.7 Å². The highest BCUT2D eigenvalue weighted by Crippen LogP contribution is 2.20. The van der Waals surface area contributed by atoms with Crippen molar-refractivity contribution in [2.45, 2.75) is 13.3 Å². The summed E-state index contributed by atoms with van der Waals surface area (Å²) in [6.07, 6.45) is 2.35. The lowest BCUT2D eigenvalue weighted by molar-refractivity contribution is -0.0227. The van der Waals surface area contributed by atoms with E-state index in [4.69, 9.17) is 14.9 Å². The minimum absolute atomic E-state index is 0.0445. The summed E-state index contributed by atoms with van der Waals surface area (Å²) in [6.45, 7) is 6.18. The van der Waals surface area contributed by atoms with Gasteiger partial charge in [0.1, 0.15) is 0 Å². The Morgan fingerprint density at radius 1 is 1.42 bits per heavy atom. The van der Waals surface area contributed by atoms with E-state index in [0.717, 1.165) is 0 Å². The SMILES string of the molecule is C=CCOCC(CC)(CO)CO. The van der Waals surface area contributed by atoms with Crippen LogP contribution in [0.4, 0.5) is 0 Å². The van der Waals surface area contributed by atoms with Crippen molar-refractivity contribution in [2.24, 2.45) is 5.41 Å². The zero-order valence-electron chi connectivity index (χ0n) is 7.62. The topological polar surface area (TPSA) is 49.7 Å². The highest BCUT2D eigenvalue weighted by Gasteiger charge is 2.26. The van der Waals surface area contributed by atoms with Gasteiger partial charge in [0.2, 0.25) is 0 Å². The van der Waals surface area contributed by atoms with Crippen molar-refractivity contribution in [1.29, 1.82) is 0 Å². The van der Waals surface area contributed by atoms with E-state index < -0.39 is 5.41 Å². The molecule has 3 nitrogen and oxygen atoms in total. The molecule has 72 valence electrons. The van der Waals surface area contributed by atoms with Gasteiger partial charge in [0.05, 0.1) is 26.4 Å². The molecule has 0 rings (SSSR count). The number of hydrogen-bond donors (Lipinski definition) is 2. The van der Waals surface area contributed by atoms with E-state index in [1.54, 1.807) is 6.08 Å². The molecular formula is C9H18O3. The zero-order valence-corrected chi connectivity index (χ0v) is 7.62. The Kier molecular flexibility index (Phi) is 5.98. The van der Waals surface area contributed by atoms with Gasteiger partial charge in [-0.25, -0.2) is 0 Å². The highest BCUT2D eigenvalue weighted by atomic mass is 16.5. The molecule has 0 aromatic heterocycles. The van der Waals surface area contributed by atoms with Gasteiger partial charge in [-0.2, -0.15) is 0 Å². The molecule has 3 heteroatoms. The molecule has 0 aliphatic carbocycles. The first-order valence-corrected chi connectivity index (χ1v) is 4.15. The van der Waals surface area contributed by atoms with Crippen molar-refractivity contribution in [2.75, 3.05) is 26.4 Å². The second-order valence-electron chi connectivity index (χ2n) is 2.97. The Bertz CT molecular complexity index is 111. The van der Waals surface area contributed by atoms with Gasteiger partial charge in [-0.15, -0.1) is 6.58 Å². The largest absolute Gasteiger partial charge is 0.396 e. The highest BCUT2D eigenvalue weighted by molar-refractivity contribution is 4.76. The van der Waals surface area contributed by atoms with E-state index in [9.17, 15) is 0 Å². The maximum atomic E-state index is 9.01. The number of hydrogen-bond acceptors (Lipinski definition) is 3. The molecule has 2 N–H and O–H groups in total. The van der Waals surface area contributed by atoms with Crippen molar-refractivity contribution in [1.82, 2.24) is 0 Å². The maximum Gasteiger partial charge on any atom is 0.0645 e.